The van der Waals surface area contributed by atoms with Crippen LogP contribution in [0.3, 0.4) is 0 Å². The van der Waals surface area contributed by atoms with Crippen LogP contribution in [0.5, 0.6) is 5.75 Å². The molecule has 0 aliphatic heterocycles. The maximum Gasteiger partial charge on any atom is 0.220 e. The summed E-state index contributed by atoms with van der Waals surface area (Å²) in [5.74, 6) is 0.180. The van der Waals surface area contributed by atoms with E-state index < -0.39 is 0 Å². The Balaban J connectivity index is 2.00. The number of nitrogens with one attached hydrogen (secondary N) is 1. The number of imidazole rings is 1. The molecule has 0 radical (unpaired) electrons. The zero-order valence-electron chi connectivity index (χ0n) is 10.4. The second-order valence-corrected chi connectivity index (χ2v) is 4.24. The third-order valence-electron chi connectivity index (χ3n) is 2.74. The van der Waals surface area contributed by atoms with E-state index in [9.17, 15) is 9.90 Å². The molecule has 2 aromatic rings. The molecule has 0 bridgehead atoms. The first-order chi connectivity index (χ1) is 8.70. The summed E-state index contributed by atoms with van der Waals surface area (Å²) in [4.78, 5) is 15.7. The number of hydrogen-bond acceptors (Lipinski definition) is 3. The van der Waals surface area contributed by atoms with Crippen molar-refractivity contribution in [3.8, 4) is 5.75 Å². The zero-order valence-corrected chi connectivity index (χ0v) is 10.4. The molecule has 2 rings (SSSR count). The fourth-order valence-corrected chi connectivity index (χ4v) is 1.75. The summed E-state index contributed by atoms with van der Waals surface area (Å²) >= 11 is 0. The minimum Gasteiger partial charge on any atom is -0.504 e. The third-order valence-corrected chi connectivity index (χ3v) is 2.74. The second-order valence-electron chi connectivity index (χ2n) is 4.24. The lowest BCUT2D eigenvalue weighted by Gasteiger charge is -2.01. The number of pyridine rings is 1. The molecule has 1 amide bonds. The number of fused-ring (bicyclic) bond motifs is 1. The van der Waals surface area contributed by atoms with Gasteiger partial charge in [0, 0.05) is 18.8 Å². The van der Waals surface area contributed by atoms with Gasteiger partial charge in [-0.1, -0.05) is 13.3 Å². The van der Waals surface area contributed by atoms with Crippen LogP contribution in [-0.2, 0) is 11.3 Å². The summed E-state index contributed by atoms with van der Waals surface area (Å²) < 4.78 is 1.74. The van der Waals surface area contributed by atoms with Gasteiger partial charge in [0.1, 0.15) is 0 Å². The molecule has 0 fully saturated rings. The number of rotatable bonds is 5. The van der Waals surface area contributed by atoms with Crippen molar-refractivity contribution in [2.45, 2.75) is 32.7 Å². The molecule has 5 heteroatoms. The van der Waals surface area contributed by atoms with Crippen molar-refractivity contribution in [3.05, 3.63) is 30.2 Å². The fourth-order valence-electron chi connectivity index (χ4n) is 1.75. The molecular formula is C13H17N3O2. The Labute approximate surface area is 105 Å². The highest BCUT2D eigenvalue weighted by Gasteiger charge is 2.06. The maximum absolute atomic E-state index is 11.5. The smallest absolute Gasteiger partial charge is 0.220 e. The number of carbonyl (C=O) groups is 1. The van der Waals surface area contributed by atoms with E-state index in [0.717, 1.165) is 18.5 Å². The zero-order chi connectivity index (χ0) is 13.0. The van der Waals surface area contributed by atoms with Crippen LogP contribution in [0.15, 0.2) is 24.5 Å². The van der Waals surface area contributed by atoms with Gasteiger partial charge in [-0.15, -0.1) is 0 Å². The Morgan fingerprint density at radius 1 is 1.56 bits per heavy atom. The molecule has 2 aromatic heterocycles. The van der Waals surface area contributed by atoms with Gasteiger partial charge in [0.05, 0.1) is 12.2 Å². The van der Waals surface area contributed by atoms with Crippen molar-refractivity contribution in [2.24, 2.45) is 0 Å². The van der Waals surface area contributed by atoms with Crippen molar-refractivity contribution < 1.29 is 9.90 Å². The summed E-state index contributed by atoms with van der Waals surface area (Å²) in [5.41, 5.74) is 1.25. The van der Waals surface area contributed by atoms with Crippen molar-refractivity contribution in [1.29, 1.82) is 0 Å². The number of hydrogen-bond donors (Lipinski definition) is 2. The average Bonchev–Trinajstić information content (AvgIpc) is 2.78. The van der Waals surface area contributed by atoms with Gasteiger partial charge >= 0.3 is 0 Å². The summed E-state index contributed by atoms with van der Waals surface area (Å²) in [5, 5.41) is 12.4. The number of carbonyl (C=O) groups excluding carboxylic acids is 1. The van der Waals surface area contributed by atoms with Crippen molar-refractivity contribution >= 4 is 11.6 Å². The first-order valence-corrected chi connectivity index (χ1v) is 6.13. The van der Waals surface area contributed by atoms with Crippen molar-refractivity contribution in [1.82, 2.24) is 14.7 Å². The summed E-state index contributed by atoms with van der Waals surface area (Å²) in [6, 6.07) is 3.33. The first kappa shape index (κ1) is 12.4. The highest BCUT2D eigenvalue weighted by Crippen LogP contribution is 2.16. The van der Waals surface area contributed by atoms with Gasteiger partial charge in [0.15, 0.2) is 11.4 Å². The van der Waals surface area contributed by atoms with Crippen LogP contribution in [0, 0.1) is 0 Å². The van der Waals surface area contributed by atoms with Crippen LogP contribution in [0.4, 0.5) is 0 Å². The van der Waals surface area contributed by atoms with Gasteiger partial charge in [-0.05, 0) is 18.6 Å². The van der Waals surface area contributed by atoms with Crippen LogP contribution in [0.2, 0.25) is 0 Å². The van der Waals surface area contributed by atoms with E-state index in [2.05, 4.69) is 17.2 Å². The number of nitrogens with zero attached hydrogens (tertiary/aromatic N) is 2. The minimum atomic E-state index is 0.0399. The number of aromatic nitrogens is 2. The minimum absolute atomic E-state index is 0.0399. The molecule has 0 spiro atoms. The Morgan fingerprint density at radius 3 is 3.11 bits per heavy atom. The molecule has 2 N–H and O–H groups in total. The number of aromatic hydroxyl groups is 1. The lowest BCUT2D eigenvalue weighted by atomic mass is 10.2. The van der Waals surface area contributed by atoms with Gasteiger partial charge in [-0.2, -0.15) is 0 Å². The van der Waals surface area contributed by atoms with E-state index in [1.165, 1.54) is 0 Å². The Morgan fingerprint density at radius 2 is 2.39 bits per heavy atom. The highest BCUT2D eigenvalue weighted by molar-refractivity contribution is 5.75. The summed E-state index contributed by atoms with van der Waals surface area (Å²) in [6.07, 6.45) is 6.07. The molecule has 5 nitrogen and oxygen atoms in total. The lowest BCUT2D eigenvalue weighted by Crippen LogP contribution is -2.22. The molecule has 2 heterocycles. The van der Waals surface area contributed by atoms with Gasteiger partial charge in [-0.25, -0.2) is 4.98 Å². The fraction of sp³-hybridized carbons (Fsp3) is 0.385. The summed E-state index contributed by atoms with van der Waals surface area (Å²) in [6.45, 7) is 2.45. The quantitative estimate of drug-likeness (QED) is 0.847. The summed E-state index contributed by atoms with van der Waals surface area (Å²) in [7, 11) is 0. The van der Waals surface area contributed by atoms with Gasteiger partial charge in [-0.3, -0.25) is 4.79 Å². The predicted octanol–water partition coefficient (Wildman–Crippen LogP) is 1.85. The standard InChI is InChI=1S/C13H17N3O2/c1-2-3-6-12(18)14-8-10-9-16-7-4-5-11(17)13(16)15-10/h4-5,7,9,17H,2-3,6,8H2,1H3,(H,14,18). The van der Waals surface area contributed by atoms with Crippen LogP contribution in [-0.4, -0.2) is 20.4 Å². The lowest BCUT2D eigenvalue weighted by molar-refractivity contribution is -0.121. The van der Waals surface area contributed by atoms with E-state index in [0.29, 0.717) is 18.6 Å². The van der Waals surface area contributed by atoms with E-state index in [1.54, 1.807) is 22.7 Å². The van der Waals surface area contributed by atoms with Crippen molar-refractivity contribution in [3.63, 3.8) is 0 Å². The molecule has 0 atom stereocenters. The van der Waals surface area contributed by atoms with Crippen molar-refractivity contribution in [2.75, 3.05) is 0 Å². The van der Waals surface area contributed by atoms with Crippen LogP contribution in [0.1, 0.15) is 31.9 Å². The molecule has 0 aliphatic carbocycles. The van der Waals surface area contributed by atoms with Crippen LogP contribution in [0.25, 0.3) is 5.65 Å². The topological polar surface area (TPSA) is 66.6 Å². The van der Waals surface area contributed by atoms with Gasteiger partial charge in [0.2, 0.25) is 5.91 Å². The number of amides is 1. The van der Waals surface area contributed by atoms with E-state index >= 15 is 0 Å². The Bertz CT molecular complexity index is 548. The number of unbranched alkanes of at least 4 members (excludes halogenated alkanes) is 1. The largest absolute Gasteiger partial charge is 0.504 e. The predicted molar refractivity (Wildman–Crippen MR) is 68.2 cm³/mol. The SMILES string of the molecule is CCCCC(=O)NCc1cn2cccc(O)c2n1. The molecular weight excluding hydrogens is 230 g/mol. The maximum atomic E-state index is 11.5. The molecule has 96 valence electrons. The average molecular weight is 247 g/mol. The van der Waals surface area contributed by atoms with Crippen LogP contribution < -0.4 is 5.32 Å². The second kappa shape index (κ2) is 5.53. The molecule has 0 saturated carbocycles. The van der Waals surface area contributed by atoms with Gasteiger partial charge in [0.25, 0.3) is 0 Å². The van der Waals surface area contributed by atoms with Gasteiger partial charge < -0.3 is 14.8 Å². The van der Waals surface area contributed by atoms with E-state index in [-0.39, 0.29) is 11.7 Å². The molecule has 0 aliphatic rings. The normalized spacial score (nSPS) is 10.7. The molecule has 18 heavy (non-hydrogen) atoms. The molecule has 0 saturated heterocycles. The first-order valence-electron chi connectivity index (χ1n) is 6.13. The van der Waals surface area contributed by atoms with E-state index in [4.69, 9.17) is 0 Å². The molecule has 0 unspecified atom stereocenters. The Kier molecular flexibility index (Phi) is 3.82. The third kappa shape index (κ3) is 2.80. The monoisotopic (exact) mass is 247 g/mol. The molecule has 0 aromatic carbocycles. The Hall–Kier alpha value is -2.04. The highest BCUT2D eigenvalue weighted by atomic mass is 16.3. The van der Waals surface area contributed by atoms with E-state index in [1.807, 2.05) is 6.20 Å². The van der Waals surface area contributed by atoms with Crippen LogP contribution >= 0.6 is 0 Å².